The van der Waals surface area contributed by atoms with Crippen LogP contribution in [0, 0.1) is 0 Å². The topological polar surface area (TPSA) is 48.4 Å². The first-order chi connectivity index (χ1) is 13.4. The molecule has 0 aliphatic carbocycles. The van der Waals surface area contributed by atoms with Crippen molar-refractivity contribution < 1.29 is 14.3 Å². The average Bonchev–Trinajstić information content (AvgIpc) is 3.15. The Balaban J connectivity index is 1.58. The molecule has 0 saturated heterocycles. The normalized spacial score (nSPS) is 11.1. The van der Waals surface area contributed by atoms with E-state index in [2.05, 4.69) is 43.1 Å². The van der Waals surface area contributed by atoms with Crippen molar-refractivity contribution in [3.05, 3.63) is 70.7 Å². The Bertz CT molecular complexity index is 912. The molecule has 0 amide bonds. The van der Waals surface area contributed by atoms with Gasteiger partial charge in [0.2, 0.25) is 0 Å². The SMILES string of the molecule is CC(C)Oc1ccc(C(=O)OCc2csc(-c3ccc(C(C)C)cc3)n2)cc1. The van der Waals surface area contributed by atoms with Crippen LogP contribution < -0.4 is 4.74 Å². The summed E-state index contributed by atoms with van der Waals surface area (Å²) in [6, 6.07) is 15.4. The lowest BCUT2D eigenvalue weighted by atomic mass is 10.0. The molecule has 0 atom stereocenters. The predicted molar refractivity (Wildman–Crippen MR) is 113 cm³/mol. The minimum atomic E-state index is -0.369. The molecule has 0 spiro atoms. The second-order valence-corrected chi connectivity index (χ2v) is 8.05. The van der Waals surface area contributed by atoms with E-state index in [1.54, 1.807) is 35.6 Å². The molecular formula is C23H25NO3S. The molecule has 5 heteroatoms. The monoisotopic (exact) mass is 395 g/mol. The molecule has 0 unspecified atom stereocenters. The first-order valence-corrected chi connectivity index (χ1v) is 10.3. The van der Waals surface area contributed by atoms with E-state index in [1.807, 2.05) is 19.2 Å². The summed E-state index contributed by atoms with van der Waals surface area (Å²) in [4.78, 5) is 16.8. The van der Waals surface area contributed by atoms with Gasteiger partial charge in [0.15, 0.2) is 0 Å². The van der Waals surface area contributed by atoms with Gasteiger partial charge in [-0.25, -0.2) is 9.78 Å². The molecule has 0 N–H and O–H groups in total. The molecule has 0 radical (unpaired) electrons. The van der Waals surface area contributed by atoms with Gasteiger partial charge < -0.3 is 9.47 Å². The fraction of sp³-hybridized carbons (Fsp3) is 0.304. The highest BCUT2D eigenvalue weighted by atomic mass is 32.1. The molecule has 1 heterocycles. The van der Waals surface area contributed by atoms with Crippen LogP contribution in [0.1, 0.15) is 55.2 Å². The Labute approximate surface area is 170 Å². The smallest absolute Gasteiger partial charge is 0.338 e. The summed E-state index contributed by atoms with van der Waals surface area (Å²) in [5.74, 6) is 0.873. The summed E-state index contributed by atoms with van der Waals surface area (Å²) >= 11 is 1.55. The summed E-state index contributed by atoms with van der Waals surface area (Å²) in [5, 5.41) is 2.86. The number of rotatable bonds is 7. The number of carbonyl (C=O) groups excluding carboxylic acids is 1. The minimum absolute atomic E-state index is 0.0956. The fourth-order valence-electron chi connectivity index (χ4n) is 2.68. The number of esters is 1. The van der Waals surface area contributed by atoms with Gasteiger partial charge in [-0.3, -0.25) is 0 Å². The number of nitrogens with zero attached hydrogens (tertiary/aromatic N) is 1. The third-order valence-electron chi connectivity index (χ3n) is 4.19. The van der Waals surface area contributed by atoms with Crippen molar-refractivity contribution in [3.63, 3.8) is 0 Å². The maximum absolute atomic E-state index is 12.2. The number of benzene rings is 2. The predicted octanol–water partition coefficient (Wildman–Crippen LogP) is 6.08. The average molecular weight is 396 g/mol. The van der Waals surface area contributed by atoms with Crippen LogP contribution in [0.3, 0.4) is 0 Å². The third-order valence-corrected chi connectivity index (χ3v) is 5.13. The van der Waals surface area contributed by atoms with E-state index in [1.165, 1.54) is 5.56 Å². The van der Waals surface area contributed by atoms with E-state index in [0.29, 0.717) is 11.5 Å². The van der Waals surface area contributed by atoms with Crippen molar-refractivity contribution in [1.82, 2.24) is 4.98 Å². The Kier molecular flexibility index (Phi) is 6.47. The maximum Gasteiger partial charge on any atom is 0.338 e. The molecule has 0 aliphatic rings. The molecule has 28 heavy (non-hydrogen) atoms. The van der Waals surface area contributed by atoms with Gasteiger partial charge in [0.25, 0.3) is 0 Å². The van der Waals surface area contributed by atoms with Crippen molar-refractivity contribution in [2.45, 2.75) is 46.3 Å². The Hall–Kier alpha value is -2.66. The van der Waals surface area contributed by atoms with Crippen LogP contribution in [-0.2, 0) is 11.3 Å². The van der Waals surface area contributed by atoms with Gasteiger partial charge in [0.05, 0.1) is 17.4 Å². The zero-order chi connectivity index (χ0) is 20.1. The van der Waals surface area contributed by atoms with Crippen molar-refractivity contribution in [2.75, 3.05) is 0 Å². The van der Waals surface area contributed by atoms with E-state index >= 15 is 0 Å². The molecule has 3 aromatic rings. The standard InChI is InChI=1S/C23H25NO3S/c1-15(2)17-5-7-18(8-6-17)22-24-20(14-28-22)13-26-23(25)19-9-11-21(12-10-19)27-16(3)4/h5-12,14-16H,13H2,1-4H3. The second kappa shape index (κ2) is 9.02. The van der Waals surface area contributed by atoms with E-state index in [9.17, 15) is 4.79 Å². The first kappa shape index (κ1) is 20.1. The number of carbonyl (C=O) groups is 1. The van der Waals surface area contributed by atoms with Crippen LogP contribution >= 0.6 is 11.3 Å². The van der Waals surface area contributed by atoms with E-state index in [4.69, 9.17) is 9.47 Å². The van der Waals surface area contributed by atoms with Gasteiger partial charge in [0.1, 0.15) is 17.4 Å². The summed E-state index contributed by atoms with van der Waals surface area (Å²) in [5.41, 5.74) is 3.63. The zero-order valence-electron chi connectivity index (χ0n) is 16.6. The zero-order valence-corrected chi connectivity index (χ0v) is 17.5. The second-order valence-electron chi connectivity index (χ2n) is 7.19. The van der Waals surface area contributed by atoms with Gasteiger partial charge >= 0.3 is 5.97 Å². The van der Waals surface area contributed by atoms with Crippen molar-refractivity contribution >= 4 is 17.3 Å². The van der Waals surface area contributed by atoms with Crippen LogP contribution in [0.4, 0.5) is 0 Å². The number of hydrogen-bond donors (Lipinski definition) is 0. The van der Waals surface area contributed by atoms with Crippen LogP contribution in [0.2, 0.25) is 0 Å². The number of hydrogen-bond acceptors (Lipinski definition) is 5. The molecule has 4 nitrogen and oxygen atoms in total. The van der Waals surface area contributed by atoms with E-state index < -0.39 is 0 Å². The quantitative estimate of drug-likeness (QED) is 0.455. The lowest BCUT2D eigenvalue weighted by Crippen LogP contribution is -2.07. The molecule has 0 aliphatic heterocycles. The van der Waals surface area contributed by atoms with Gasteiger partial charge in [0, 0.05) is 10.9 Å². The fourth-order valence-corrected chi connectivity index (χ4v) is 3.49. The van der Waals surface area contributed by atoms with Crippen LogP contribution in [0.25, 0.3) is 10.6 Å². The Morgan fingerprint density at radius 1 is 1.00 bits per heavy atom. The maximum atomic E-state index is 12.2. The highest BCUT2D eigenvalue weighted by molar-refractivity contribution is 7.13. The molecule has 1 aromatic heterocycles. The highest BCUT2D eigenvalue weighted by Gasteiger charge is 2.11. The Morgan fingerprint density at radius 3 is 2.29 bits per heavy atom. The van der Waals surface area contributed by atoms with Crippen molar-refractivity contribution in [3.8, 4) is 16.3 Å². The summed E-state index contributed by atoms with van der Waals surface area (Å²) in [6.45, 7) is 8.43. The third kappa shape index (κ3) is 5.20. The molecule has 146 valence electrons. The molecule has 2 aromatic carbocycles. The van der Waals surface area contributed by atoms with E-state index in [0.717, 1.165) is 22.0 Å². The lowest BCUT2D eigenvalue weighted by Gasteiger charge is -2.09. The van der Waals surface area contributed by atoms with Crippen LogP contribution in [-0.4, -0.2) is 17.1 Å². The van der Waals surface area contributed by atoms with Gasteiger partial charge in [-0.1, -0.05) is 38.1 Å². The molecule has 0 saturated carbocycles. The van der Waals surface area contributed by atoms with E-state index in [-0.39, 0.29) is 18.7 Å². The summed E-state index contributed by atoms with van der Waals surface area (Å²) < 4.78 is 11.0. The lowest BCUT2D eigenvalue weighted by molar-refractivity contribution is 0.0468. The summed E-state index contributed by atoms with van der Waals surface area (Å²) in [7, 11) is 0. The van der Waals surface area contributed by atoms with Gasteiger partial charge in [-0.2, -0.15) is 0 Å². The van der Waals surface area contributed by atoms with Crippen LogP contribution in [0.5, 0.6) is 5.75 Å². The highest BCUT2D eigenvalue weighted by Crippen LogP contribution is 2.26. The Morgan fingerprint density at radius 2 is 1.68 bits per heavy atom. The van der Waals surface area contributed by atoms with Crippen LogP contribution in [0.15, 0.2) is 53.9 Å². The number of aromatic nitrogens is 1. The largest absolute Gasteiger partial charge is 0.491 e. The van der Waals surface area contributed by atoms with Crippen molar-refractivity contribution in [1.29, 1.82) is 0 Å². The number of thiazole rings is 1. The van der Waals surface area contributed by atoms with Crippen molar-refractivity contribution in [2.24, 2.45) is 0 Å². The summed E-state index contributed by atoms with van der Waals surface area (Å²) in [6.07, 6.45) is 0.0956. The number of ether oxygens (including phenoxy) is 2. The minimum Gasteiger partial charge on any atom is -0.491 e. The van der Waals surface area contributed by atoms with Gasteiger partial charge in [-0.15, -0.1) is 11.3 Å². The molecular weight excluding hydrogens is 370 g/mol. The molecule has 0 fully saturated rings. The molecule has 0 bridgehead atoms. The first-order valence-electron chi connectivity index (χ1n) is 9.41. The van der Waals surface area contributed by atoms with Gasteiger partial charge in [-0.05, 0) is 49.6 Å². The molecule has 3 rings (SSSR count).